The van der Waals surface area contributed by atoms with Crippen LogP contribution < -0.4 is 20.3 Å². The molecule has 4 rings (SSSR count). The van der Waals surface area contributed by atoms with Crippen molar-refractivity contribution in [2.24, 2.45) is 0 Å². The highest BCUT2D eigenvalue weighted by Gasteiger charge is 2.24. The molecule has 0 aliphatic carbocycles. The minimum absolute atomic E-state index is 0.111. The van der Waals surface area contributed by atoms with Crippen LogP contribution in [0.25, 0.3) is 0 Å². The number of rotatable bonds is 5. The lowest BCUT2D eigenvalue weighted by Gasteiger charge is -2.36. The van der Waals surface area contributed by atoms with E-state index in [1.807, 2.05) is 12.1 Å². The summed E-state index contributed by atoms with van der Waals surface area (Å²) < 4.78 is 10.3. The molecule has 1 fully saturated rings. The number of anilines is 2. The maximum Gasteiger partial charge on any atom is 0.289 e. The number of hydrogen-bond donors (Lipinski definition) is 2. The zero-order chi connectivity index (χ0) is 24.1. The first-order valence-electron chi connectivity index (χ1n) is 10.6. The highest BCUT2D eigenvalue weighted by Crippen LogP contribution is 2.30. The summed E-state index contributed by atoms with van der Waals surface area (Å²) in [4.78, 5) is 28.7. The molecule has 34 heavy (non-hydrogen) atoms. The van der Waals surface area contributed by atoms with E-state index in [9.17, 15) is 9.59 Å². The predicted octanol–water partition coefficient (Wildman–Crippen LogP) is 4.03. The van der Waals surface area contributed by atoms with Crippen LogP contribution in [-0.2, 0) is 0 Å². The summed E-state index contributed by atoms with van der Waals surface area (Å²) >= 11 is 11.8. The Kier molecular flexibility index (Phi) is 7.34. The lowest BCUT2D eigenvalue weighted by molar-refractivity contribution is 0.0714. The van der Waals surface area contributed by atoms with Gasteiger partial charge in [0.1, 0.15) is 5.75 Å². The normalized spacial score (nSPS) is 13.4. The van der Waals surface area contributed by atoms with Crippen LogP contribution in [0.3, 0.4) is 0 Å². The van der Waals surface area contributed by atoms with E-state index < -0.39 is 0 Å². The molecule has 1 aliphatic rings. The molecule has 2 amide bonds. The van der Waals surface area contributed by atoms with E-state index in [0.717, 1.165) is 5.69 Å². The van der Waals surface area contributed by atoms with Gasteiger partial charge in [0.05, 0.1) is 24.1 Å². The van der Waals surface area contributed by atoms with Crippen LogP contribution in [0.2, 0.25) is 5.02 Å². The van der Waals surface area contributed by atoms with Crippen LogP contribution in [-0.4, -0.2) is 55.1 Å². The third-order valence-electron chi connectivity index (χ3n) is 5.42. The molecule has 0 unspecified atom stereocenters. The van der Waals surface area contributed by atoms with Gasteiger partial charge in [-0.05, 0) is 66.8 Å². The zero-order valence-corrected chi connectivity index (χ0v) is 20.0. The van der Waals surface area contributed by atoms with Crippen LogP contribution in [0.5, 0.6) is 5.75 Å². The summed E-state index contributed by atoms with van der Waals surface area (Å²) in [7, 11) is 1.56. The lowest BCUT2D eigenvalue weighted by Crippen LogP contribution is -2.48. The second-order valence-electron chi connectivity index (χ2n) is 7.56. The van der Waals surface area contributed by atoms with Crippen molar-refractivity contribution in [3.63, 3.8) is 0 Å². The largest absolute Gasteiger partial charge is 0.497 e. The van der Waals surface area contributed by atoms with Gasteiger partial charge in [0, 0.05) is 37.4 Å². The standard InChI is InChI=1S/C24H23ClN4O4S/c1-32-18-7-4-16(5-8-18)22(30)27-24(34)26-17-6-9-20(19(25)15-17)28-10-12-29(13-11-28)23(31)21-3-2-14-33-21/h2-9,14-15H,10-13H2,1H3,(H2,26,27,30,34). The van der Waals surface area contributed by atoms with Gasteiger partial charge in [-0.25, -0.2) is 0 Å². The Morgan fingerprint density at radius 3 is 2.41 bits per heavy atom. The second kappa shape index (κ2) is 10.6. The van der Waals surface area contributed by atoms with E-state index in [4.69, 9.17) is 33.0 Å². The summed E-state index contributed by atoms with van der Waals surface area (Å²) in [6, 6.07) is 15.6. The quantitative estimate of drug-likeness (QED) is 0.513. The van der Waals surface area contributed by atoms with E-state index in [1.54, 1.807) is 54.5 Å². The fourth-order valence-electron chi connectivity index (χ4n) is 3.63. The van der Waals surface area contributed by atoms with E-state index in [1.165, 1.54) is 6.26 Å². The van der Waals surface area contributed by atoms with Crippen molar-refractivity contribution in [3.05, 3.63) is 77.2 Å². The topological polar surface area (TPSA) is 87.0 Å². The van der Waals surface area contributed by atoms with Gasteiger partial charge in [0.15, 0.2) is 10.9 Å². The van der Waals surface area contributed by atoms with Gasteiger partial charge in [-0.1, -0.05) is 11.6 Å². The van der Waals surface area contributed by atoms with Gasteiger partial charge >= 0.3 is 0 Å². The minimum atomic E-state index is -0.329. The Bertz CT molecular complexity index is 1180. The Balaban J connectivity index is 1.31. The molecule has 10 heteroatoms. The molecule has 2 heterocycles. The molecule has 0 atom stereocenters. The third-order valence-corrected chi connectivity index (χ3v) is 5.93. The summed E-state index contributed by atoms with van der Waals surface area (Å²) in [6.07, 6.45) is 1.50. The molecular weight excluding hydrogens is 476 g/mol. The zero-order valence-electron chi connectivity index (χ0n) is 18.4. The number of methoxy groups -OCH3 is 1. The lowest BCUT2D eigenvalue weighted by atomic mass is 10.2. The predicted molar refractivity (Wildman–Crippen MR) is 135 cm³/mol. The first kappa shape index (κ1) is 23.6. The average molecular weight is 499 g/mol. The van der Waals surface area contributed by atoms with E-state index in [0.29, 0.717) is 54.0 Å². The number of amides is 2. The summed E-state index contributed by atoms with van der Waals surface area (Å²) in [5.74, 6) is 0.569. The number of nitrogens with one attached hydrogen (secondary N) is 2. The van der Waals surface area contributed by atoms with Crippen molar-refractivity contribution < 1.29 is 18.7 Å². The maximum atomic E-state index is 12.4. The van der Waals surface area contributed by atoms with Crippen LogP contribution in [0, 0.1) is 0 Å². The molecule has 0 radical (unpaired) electrons. The third kappa shape index (κ3) is 5.49. The number of furan rings is 1. The Labute approximate surface area is 207 Å². The van der Waals surface area contributed by atoms with Gasteiger partial charge in [0.2, 0.25) is 0 Å². The fourth-order valence-corrected chi connectivity index (χ4v) is 4.14. The van der Waals surface area contributed by atoms with Gasteiger partial charge < -0.3 is 24.3 Å². The molecule has 3 aromatic rings. The van der Waals surface area contributed by atoms with E-state index in [-0.39, 0.29) is 16.9 Å². The molecule has 2 N–H and O–H groups in total. The highest BCUT2D eigenvalue weighted by atomic mass is 35.5. The van der Waals surface area contributed by atoms with Crippen molar-refractivity contribution in [2.75, 3.05) is 43.5 Å². The molecule has 1 saturated heterocycles. The summed E-state index contributed by atoms with van der Waals surface area (Å²) in [5, 5.41) is 6.33. The Hall–Kier alpha value is -3.56. The Morgan fingerprint density at radius 1 is 1.06 bits per heavy atom. The molecular formula is C24H23ClN4O4S. The van der Waals surface area contributed by atoms with Crippen molar-refractivity contribution in [3.8, 4) is 5.75 Å². The number of ether oxygens (including phenoxy) is 1. The number of benzene rings is 2. The van der Waals surface area contributed by atoms with Crippen LogP contribution in [0.15, 0.2) is 65.3 Å². The van der Waals surface area contributed by atoms with Gasteiger partial charge in [-0.3, -0.25) is 14.9 Å². The SMILES string of the molecule is COc1ccc(C(=O)NC(=S)Nc2ccc(N3CCN(C(=O)c4ccco4)CC3)c(Cl)c2)cc1. The Morgan fingerprint density at radius 2 is 1.79 bits per heavy atom. The van der Waals surface area contributed by atoms with Gasteiger partial charge in [-0.15, -0.1) is 0 Å². The van der Waals surface area contributed by atoms with Gasteiger partial charge in [-0.2, -0.15) is 0 Å². The van der Waals surface area contributed by atoms with E-state index >= 15 is 0 Å². The summed E-state index contributed by atoms with van der Waals surface area (Å²) in [5.41, 5.74) is 1.98. The number of piperazine rings is 1. The molecule has 0 spiro atoms. The molecule has 0 bridgehead atoms. The number of nitrogens with zero attached hydrogens (tertiary/aromatic N) is 2. The fraction of sp³-hybridized carbons (Fsp3) is 0.208. The van der Waals surface area contributed by atoms with Gasteiger partial charge in [0.25, 0.3) is 11.8 Å². The van der Waals surface area contributed by atoms with Crippen LogP contribution in [0.1, 0.15) is 20.9 Å². The van der Waals surface area contributed by atoms with Crippen LogP contribution >= 0.6 is 23.8 Å². The second-order valence-corrected chi connectivity index (χ2v) is 8.37. The molecule has 8 nitrogen and oxygen atoms in total. The van der Waals surface area contributed by atoms with E-state index in [2.05, 4.69) is 15.5 Å². The smallest absolute Gasteiger partial charge is 0.289 e. The highest BCUT2D eigenvalue weighted by molar-refractivity contribution is 7.80. The first-order chi connectivity index (χ1) is 16.4. The molecule has 2 aromatic carbocycles. The number of thiocarbonyl (C=S) groups is 1. The first-order valence-corrected chi connectivity index (χ1v) is 11.4. The number of hydrogen-bond acceptors (Lipinski definition) is 6. The van der Waals surface area contributed by atoms with Crippen molar-refractivity contribution in [2.45, 2.75) is 0 Å². The van der Waals surface area contributed by atoms with Crippen molar-refractivity contribution >= 4 is 52.1 Å². The molecule has 1 aromatic heterocycles. The van der Waals surface area contributed by atoms with Crippen molar-refractivity contribution in [1.29, 1.82) is 0 Å². The molecule has 0 saturated carbocycles. The monoisotopic (exact) mass is 498 g/mol. The van der Waals surface area contributed by atoms with Crippen LogP contribution in [0.4, 0.5) is 11.4 Å². The maximum absolute atomic E-state index is 12.4. The minimum Gasteiger partial charge on any atom is -0.497 e. The molecule has 1 aliphatic heterocycles. The molecule has 176 valence electrons. The summed E-state index contributed by atoms with van der Waals surface area (Å²) in [6.45, 7) is 2.43. The average Bonchev–Trinajstić information content (AvgIpc) is 3.39. The number of carbonyl (C=O) groups excluding carboxylic acids is 2. The number of carbonyl (C=O) groups is 2. The number of halogens is 1. The van der Waals surface area contributed by atoms with Crippen molar-refractivity contribution in [1.82, 2.24) is 10.2 Å².